The molecule has 178 valence electrons. The van der Waals surface area contributed by atoms with E-state index in [-0.39, 0.29) is 5.91 Å². The zero-order valence-electron chi connectivity index (χ0n) is 20.5. The molecule has 0 radical (unpaired) electrons. The van der Waals surface area contributed by atoms with Crippen molar-refractivity contribution in [2.45, 2.75) is 26.8 Å². The van der Waals surface area contributed by atoms with Crippen LogP contribution in [0.2, 0.25) is 0 Å². The Bertz CT molecular complexity index is 1490. The minimum Gasteiger partial charge on any atom is -0.497 e. The summed E-state index contributed by atoms with van der Waals surface area (Å²) >= 11 is 0. The first kappa shape index (κ1) is 22.5. The van der Waals surface area contributed by atoms with Crippen molar-refractivity contribution in [3.63, 3.8) is 0 Å². The number of imidazole rings is 1. The molecule has 1 aliphatic rings. The Morgan fingerprint density at radius 1 is 1.00 bits per heavy atom. The Kier molecular flexibility index (Phi) is 5.68. The van der Waals surface area contributed by atoms with Gasteiger partial charge in [0.05, 0.1) is 36.9 Å². The lowest BCUT2D eigenvalue weighted by Gasteiger charge is -2.31. The third-order valence-corrected chi connectivity index (χ3v) is 6.47. The smallest absolute Gasteiger partial charge is 0.255 e. The van der Waals surface area contributed by atoms with Crippen molar-refractivity contribution in [1.29, 1.82) is 0 Å². The van der Waals surface area contributed by atoms with E-state index in [2.05, 4.69) is 16.7 Å². The topological polar surface area (TPSA) is 77.4 Å². The average molecular weight is 469 g/mol. The van der Waals surface area contributed by atoms with Gasteiger partial charge in [0.1, 0.15) is 11.5 Å². The number of amides is 1. The molecule has 1 aliphatic heterocycles. The molecule has 0 fully saturated rings. The fraction of sp³-hybridized carbons (Fsp3) is 0.214. The van der Waals surface area contributed by atoms with Crippen LogP contribution in [0.5, 0.6) is 11.5 Å². The molecular formula is C28H28N4O3. The van der Waals surface area contributed by atoms with E-state index < -0.39 is 6.04 Å². The van der Waals surface area contributed by atoms with Crippen molar-refractivity contribution in [2.24, 2.45) is 0 Å². The lowest BCUT2D eigenvalue weighted by Crippen LogP contribution is -2.30. The van der Waals surface area contributed by atoms with Gasteiger partial charge in [0.15, 0.2) is 0 Å². The number of hydrogen-bond acceptors (Lipinski definition) is 5. The molecule has 0 bridgehead atoms. The van der Waals surface area contributed by atoms with E-state index in [1.807, 2.05) is 79.9 Å². The Morgan fingerprint density at radius 3 is 2.54 bits per heavy atom. The molecule has 0 aliphatic carbocycles. The minimum atomic E-state index is -0.505. The number of aryl methyl sites for hydroxylation is 2. The summed E-state index contributed by atoms with van der Waals surface area (Å²) in [5.74, 6) is 1.80. The number of allylic oxidation sites excluding steroid dienone is 1. The quantitative estimate of drug-likeness (QED) is 0.393. The van der Waals surface area contributed by atoms with Gasteiger partial charge in [-0.05, 0) is 62.7 Å². The molecule has 1 atom stereocenters. The van der Waals surface area contributed by atoms with Gasteiger partial charge in [-0.3, -0.25) is 9.36 Å². The first-order chi connectivity index (χ1) is 16.9. The van der Waals surface area contributed by atoms with Gasteiger partial charge in [-0.25, -0.2) is 4.98 Å². The van der Waals surface area contributed by atoms with Crippen LogP contribution in [0, 0.1) is 13.8 Å². The van der Waals surface area contributed by atoms with Crippen LogP contribution in [0.25, 0.3) is 16.7 Å². The van der Waals surface area contributed by atoms with Gasteiger partial charge >= 0.3 is 0 Å². The van der Waals surface area contributed by atoms with Crippen molar-refractivity contribution in [3.05, 3.63) is 82.9 Å². The Labute approximate surface area is 204 Å². The van der Waals surface area contributed by atoms with Crippen LogP contribution in [-0.2, 0) is 4.79 Å². The van der Waals surface area contributed by atoms with Crippen LogP contribution in [0.3, 0.4) is 0 Å². The SMILES string of the molecule is COc1ccc(OC)c([C@@H]2Nc3nc4ccccc4n3C(C)=C2C(=O)Nc2ccc(C)cc2C)c1. The zero-order valence-corrected chi connectivity index (χ0v) is 20.5. The minimum absolute atomic E-state index is 0.194. The summed E-state index contributed by atoms with van der Waals surface area (Å²) in [7, 11) is 3.24. The molecular weight excluding hydrogens is 440 g/mol. The lowest BCUT2D eigenvalue weighted by molar-refractivity contribution is -0.113. The standard InChI is InChI=1S/C28H28N4O3/c1-16-10-12-21(17(2)14-16)29-27(33)25-18(3)32-23-9-7-6-8-22(23)30-28(32)31-26(25)20-15-19(34-4)11-13-24(20)35-5/h6-15,26H,1-5H3,(H,29,33)(H,30,31)/t26-/m0/s1. The number of fused-ring (bicyclic) bond motifs is 3. The number of nitrogens with zero attached hydrogens (tertiary/aromatic N) is 2. The van der Waals surface area contributed by atoms with Crippen molar-refractivity contribution in [1.82, 2.24) is 9.55 Å². The van der Waals surface area contributed by atoms with Crippen LogP contribution in [0.4, 0.5) is 11.6 Å². The molecule has 0 saturated carbocycles. The number of carbonyl (C=O) groups excluding carboxylic acids is 1. The average Bonchev–Trinajstić information content (AvgIpc) is 3.24. The normalized spacial score (nSPS) is 14.9. The molecule has 35 heavy (non-hydrogen) atoms. The maximum absolute atomic E-state index is 13.9. The zero-order chi connectivity index (χ0) is 24.7. The number of para-hydroxylation sites is 2. The first-order valence-corrected chi connectivity index (χ1v) is 11.5. The maximum Gasteiger partial charge on any atom is 0.255 e. The summed E-state index contributed by atoms with van der Waals surface area (Å²) in [4.78, 5) is 18.7. The van der Waals surface area contributed by atoms with Crippen LogP contribution in [0.15, 0.2) is 66.2 Å². The number of anilines is 2. The van der Waals surface area contributed by atoms with Crippen molar-refractivity contribution in [3.8, 4) is 11.5 Å². The summed E-state index contributed by atoms with van der Waals surface area (Å²) < 4.78 is 13.2. The highest BCUT2D eigenvalue weighted by molar-refractivity contribution is 6.10. The number of rotatable bonds is 5. The van der Waals surface area contributed by atoms with E-state index in [0.29, 0.717) is 23.0 Å². The van der Waals surface area contributed by atoms with E-state index in [4.69, 9.17) is 14.5 Å². The molecule has 0 unspecified atom stereocenters. The molecule has 5 rings (SSSR count). The fourth-order valence-electron chi connectivity index (χ4n) is 4.73. The third-order valence-electron chi connectivity index (χ3n) is 6.47. The van der Waals surface area contributed by atoms with Crippen LogP contribution < -0.4 is 20.1 Å². The van der Waals surface area contributed by atoms with E-state index in [0.717, 1.165) is 39.1 Å². The number of hydrogen-bond donors (Lipinski definition) is 2. The van der Waals surface area contributed by atoms with E-state index >= 15 is 0 Å². The number of carbonyl (C=O) groups is 1. The second kappa shape index (κ2) is 8.83. The van der Waals surface area contributed by atoms with E-state index in [1.165, 1.54) is 0 Å². The summed E-state index contributed by atoms with van der Waals surface area (Å²) in [6.07, 6.45) is 0. The number of ether oxygens (including phenoxy) is 2. The fourth-order valence-corrected chi connectivity index (χ4v) is 4.73. The number of nitrogens with one attached hydrogen (secondary N) is 2. The summed E-state index contributed by atoms with van der Waals surface area (Å²) in [6.45, 7) is 5.98. The molecule has 7 nitrogen and oxygen atoms in total. The number of methoxy groups -OCH3 is 2. The maximum atomic E-state index is 13.9. The highest BCUT2D eigenvalue weighted by atomic mass is 16.5. The van der Waals surface area contributed by atoms with Gasteiger partial charge in [-0.2, -0.15) is 0 Å². The molecule has 3 aromatic carbocycles. The molecule has 4 aromatic rings. The summed E-state index contributed by atoms with van der Waals surface area (Å²) in [5, 5.41) is 6.63. The van der Waals surface area contributed by atoms with Crippen LogP contribution in [0.1, 0.15) is 29.7 Å². The Morgan fingerprint density at radius 2 is 1.80 bits per heavy atom. The molecule has 1 aromatic heterocycles. The monoisotopic (exact) mass is 468 g/mol. The molecule has 2 N–H and O–H groups in total. The molecule has 1 amide bonds. The van der Waals surface area contributed by atoms with Gasteiger partial charge in [0, 0.05) is 16.9 Å². The molecule has 2 heterocycles. The second-order valence-electron chi connectivity index (χ2n) is 8.72. The third kappa shape index (κ3) is 3.89. The van der Waals surface area contributed by atoms with Gasteiger partial charge in [0.2, 0.25) is 5.95 Å². The van der Waals surface area contributed by atoms with Crippen molar-refractivity contribution in [2.75, 3.05) is 24.9 Å². The van der Waals surface area contributed by atoms with E-state index in [9.17, 15) is 4.79 Å². The van der Waals surface area contributed by atoms with Gasteiger partial charge in [0.25, 0.3) is 5.91 Å². The predicted octanol–water partition coefficient (Wildman–Crippen LogP) is 5.71. The van der Waals surface area contributed by atoms with Gasteiger partial charge in [-0.15, -0.1) is 0 Å². The Balaban J connectivity index is 1.69. The number of benzene rings is 3. The largest absolute Gasteiger partial charge is 0.497 e. The molecule has 0 spiro atoms. The van der Waals surface area contributed by atoms with Crippen molar-refractivity contribution < 1.29 is 14.3 Å². The van der Waals surface area contributed by atoms with Gasteiger partial charge < -0.3 is 20.1 Å². The molecule has 0 saturated heterocycles. The number of aromatic nitrogens is 2. The highest BCUT2D eigenvalue weighted by Crippen LogP contribution is 2.42. The second-order valence-corrected chi connectivity index (χ2v) is 8.72. The Hall–Kier alpha value is -4.26. The first-order valence-electron chi connectivity index (χ1n) is 11.5. The van der Waals surface area contributed by atoms with Gasteiger partial charge in [-0.1, -0.05) is 29.8 Å². The van der Waals surface area contributed by atoms with Crippen LogP contribution >= 0.6 is 0 Å². The molecule has 7 heteroatoms. The summed E-state index contributed by atoms with van der Waals surface area (Å²) in [5.41, 5.74) is 6.86. The lowest BCUT2D eigenvalue weighted by atomic mass is 9.93. The van der Waals surface area contributed by atoms with E-state index in [1.54, 1.807) is 14.2 Å². The summed E-state index contributed by atoms with van der Waals surface area (Å²) in [6, 6.07) is 19.0. The highest BCUT2D eigenvalue weighted by Gasteiger charge is 2.34. The predicted molar refractivity (Wildman–Crippen MR) is 139 cm³/mol. The van der Waals surface area contributed by atoms with Crippen molar-refractivity contribution >= 4 is 34.3 Å². The van der Waals surface area contributed by atoms with Crippen LogP contribution in [-0.4, -0.2) is 29.7 Å².